The molecule has 0 amide bonds. The van der Waals surface area contributed by atoms with Crippen molar-refractivity contribution in [2.24, 2.45) is 12.8 Å². The third-order valence-corrected chi connectivity index (χ3v) is 3.21. The number of hydrogen-bond acceptors (Lipinski definition) is 4. The molecule has 1 aromatic rings. The molecular formula is C11H21N5. The van der Waals surface area contributed by atoms with Crippen LogP contribution in [-0.2, 0) is 13.6 Å². The summed E-state index contributed by atoms with van der Waals surface area (Å²) in [5.74, 6) is 0. The summed E-state index contributed by atoms with van der Waals surface area (Å²) in [5.41, 5.74) is 6.95. The lowest BCUT2D eigenvalue weighted by atomic mass is 10.1. The Balaban J connectivity index is 1.97. The highest BCUT2D eigenvalue weighted by molar-refractivity contribution is 4.99. The number of piperazine rings is 1. The maximum absolute atomic E-state index is 5.82. The Bertz CT molecular complexity index is 335. The highest BCUT2D eigenvalue weighted by Gasteiger charge is 2.24. The number of likely N-dealkylation sites (N-methyl/N-ethyl adjacent to an activating group) is 1. The Hall–Kier alpha value is -0.910. The van der Waals surface area contributed by atoms with Gasteiger partial charge in [-0.1, -0.05) is 0 Å². The van der Waals surface area contributed by atoms with Crippen LogP contribution in [0.4, 0.5) is 0 Å². The van der Waals surface area contributed by atoms with E-state index in [1.54, 1.807) is 0 Å². The molecule has 1 aliphatic heterocycles. The van der Waals surface area contributed by atoms with E-state index in [4.69, 9.17) is 5.73 Å². The molecular weight excluding hydrogens is 202 g/mol. The van der Waals surface area contributed by atoms with E-state index in [0.717, 1.165) is 38.4 Å². The monoisotopic (exact) mass is 223 g/mol. The molecule has 1 unspecified atom stereocenters. The van der Waals surface area contributed by atoms with Gasteiger partial charge in [0.05, 0.1) is 5.69 Å². The number of nitrogens with two attached hydrogens (primary N) is 1. The van der Waals surface area contributed by atoms with E-state index in [1.807, 2.05) is 17.9 Å². The maximum Gasteiger partial charge on any atom is 0.0764 e. The first-order chi connectivity index (χ1) is 7.69. The Morgan fingerprint density at radius 3 is 2.88 bits per heavy atom. The molecule has 2 heterocycles. The summed E-state index contributed by atoms with van der Waals surface area (Å²) in [6.07, 6.45) is 1.99. The first-order valence-electron chi connectivity index (χ1n) is 5.80. The summed E-state index contributed by atoms with van der Waals surface area (Å²) < 4.78 is 1.85. The summed E-state index contributed by atoms with van der Waals surface area (Å²) in [4.78, 5) is 4.77. The zero-order valence-electron chi connectivity index (χ0n) is 10.1. The summed E-state index contributed by atoms with van der Waals surface area (Å²) in [6, 6.07) is 2.53. The third kappa shape index (κ3) is 2.61. The topological polar surface area (TPSA) is 50.3 Å². The van der Waals surface area contributed by atoms with Crippen LogP contribution < -0.4 is 5.73 Å². The molecule has 1 fully saturated rings. The fraction of sp³-hybridized carbons (Fsp3) is 0.727. The Morgan fingerprint density at radius 2 is 2.25 bits per heavy atom. The van der Waals surface area contributed by atoms with E-state index in [9.17, 15) is 0 Å². The zero-order valence-corrected chi connectivity index (χ0v) is 10.1. The van der Waals surface area contributed by atoms with Gasteiger partial charge >= 0.3 is 0 Å². The number of rotatable bonds is 3. The lowest BCUT2D eigenvalue weighted by Gasteiger charge is -2.39. The number of aromatic nitrogens is 2. The second-order valence-corrected chi connectivity index (χ2v) is 4.60. The molecule has 1 atom stereocenters. The van der Waals surface area contributed by atoms with Gasteiger partial charge in [-0.3, -0.25) is 9.58 Å². The first-order valence-corrected chi connectivity index (χ1v) is 5.80. The average molecular weight is 223 g/mol. The molecule has 5 heteroatoms. The zero-order chi connectivity index (χ0) is 11.5. The van der Waals surface area contributed by atoms with Gasteiger partial charge in [-0.2, -0.15) is 5.10 Å². The van der Waals surface area contributed by atoms with Crippen molar-refractivity contribution in [1.29, 1.82) is 0 Å². The van der Waals surface area contributed by atoms with Gasteiger partial charge in [0.25, 0.3) is 0 Å². The van der Waals surface area contributed by atoms with E-state index in [-0.39, 0.29) is 0 Å². The molecule has 0 radical (unpaired) electrons. The number of nitrogens with zero attached hydrogens (tertiary/aromatic N) is 4. The van der Waals surface area contributed by atoms with Crippen molar-refractivity contribution in [3.05, 3.63) is 18.0 Å². The molecule has 90 valence electrons. The highest BCUT2D eigenvalue weighted by Crippen LogP contribution is 2.11. The van der Waals surface area contributed by atoms with Crippen molar-refractivity contribution in [3.8, 4) is 0 Å². The largest absolute Gasteiger partial charge is 0.329 e. The van der Waals surface area contributed by atoms with Gasteiger partial charge in [0, 0.05) is 52.0 Å². The van der Waals surface area contributed by atoms with Crippen LogP contribution in [0.15, 0.2) is 12.3 Å². The van der Waals surface area contributed by atoms with E-state index >= 15 is 0 Å². The van der Waals surface area contributed by atoms with Crippen LogP contribution >= 0.6 is 0 Å². The van der Waals surface area contributed by atoms with Crippen molar-refractivity contribution in [2.75, 3.05) is 33.2 Å². The molecule has 2 N–H and O–H groups in total. The van der Waals surface area contributed by atoms with E-state index in [2.05, 4.69) is 28.0 Å². The number of hydrogen-bond donors (Lipinski definition) is 1. The predicted molar refractivity (Wildman–Crippen MR) is 64.0 cm³/mol. The number of aryl methyl sites for hydroxylation is 1. The van der Waals surface area contributed by atoms with Gasteiger partial charge in [-0.15, -0.1) is 0 Å². The van der Waals surface area contributed by atoms with Crippen LogP contribution in [-0.4, -0.2) is 58.8 Å². The third-order valence-electron chi connectivity index (χ3n) is 3.21. The van der Waals surface area contributed by atoms with Crippen LogP contribution in [0.25, 0.3) is 0 Å². The summed E-state index contributed by atoms with van der Waals surface area (Å²) in [5, 5.41) is 4.41. The SMILES string of the molecule is CN1CCN(Cc2ccn(C)n2)C(CN)C1. The molecule has 16 heavy (non-hydrogen) atoms. The molecule has 0 bridgehead atoms. The molecule has 2 rings (SSSR count). The van der Waals surface area contributed by atoms with Crippen LogP contribution in [0.3, 0.4) is 0 Å². The van der Waals surface area contributed by atoms with E-state index < -0.39 is 0 Å². The lowest BCUT2D eigenvalue weighted by Crippen LogP contribution is -2.54. The van der Waals surface area contributed by atoms with Crippen LogP contribution in [0.1, 0.15) is 5.69 Å². The molecule has 5 nitrogen and oxygen atoms in total. The van der Waals surface area contributed by atoms with Crippen molar-refractivity contribution in [2.45, 2.75) is 12.6 Å². The van der Waals surface area contributed by atoms with E-state index in [0.29, 0.717) is 6.04 Å². The molecule has 0 aromatic carbocycles. The van der Waals surface area contributed by atoms with E-state index in [1.165, 1.54) is 0 Å². The van der Waals surface area contributed by atoms with Crippen molar-refractivity contribution >= 4 is 0 Å². The van der Waals surface area contributed by atoms with Gasteiger partial charge in [-0.25, -0.2) is 0 Å². The normalized spacial score (nSPS) is 23.8. The standard InChI is InChI=1S/C11H21N5/c1-14-5-6-16(11(7-12)9-14)8-10-3-4-15(2)13-10/h3-4,11H,5-9,12H2,1-2H3. The van der Waals surface area contributed by atoms with Crippen molar-refractivity contribution in [1.82, 2.24) is 19.6 Å². The first kappa shape index (κ1) is 11.6. The summed E-state index contributed by atoms with van der Waals surface area (Å²) >= 11 is 0. The van der Waals surface area contributed by atoms with Gasteiger partial charge < -0.3 is 10.6 Å². The molecule has 1 aliphatic rings. The predicted octanol–water partition coefficient (Wildman–Crippen LogP) is -0.505. The fourth-order valence-electron chi connectivity index (χ4n) is 2.24. The summed E-state index contributed by atoms with van der Waals surface area (Å²) in [6.45, 7) is 4.88. The Morgan fingerprint density at radius 1 is 1.44 bits per heavy atom. The highest BCUT2D eigenvalue weighted by atomic mass is 15.3. The Labute approximate surface area is 96.8 Å². The van der Waals surface area contributed by atoms with Crippen molar-refractivity contribution < 1.29 is 0 Å². The lowest BCUT2D eigenvalue weighted by molar-refractivity contribution is 0.0868. The van der Waals surface area contributed by atoms with Gasteiger partial charge in [0.1, 0.15) is 0 Å². The summed E-state index contributed by atoms with van der Waals surface area (Å²) in [7, 11) is 4.11. The van der Waals surface area contributed by atoms with Crippen LogP contribution in [0.2, 0.25) is 0 Å². The minimum Gasteiger partial charge on any atom is -0.329 e. The second kappa shape index (κ2) is 4.95. The van der Waals surface area contributed by atoms with Gasteiger partial charge in [0.15, 0.2) is 0 Å². The second-order valence-electron chi connectivity index (χ2n) is 4.60. The smallest absolute Gasteiger partial charge is 0.0764 e. The molecule has 1 aromatic heterocycles. The van der Waals surface area contributed by atoms with Crippen LogP contribution in [0.5, 0.6) is 0 Å². The van der Waals surface area contributed by atoms with Crippen molar-refractivity contribution in [3.63, 3.8) is 0 Å². The maximum atomic E-state index is 5.82. The molecule has 0 spiro atoms. The Kier molecular flexibility index (Phi) is 3.58. The van der Waals surface area contributed by atoms with Crippen LogP contribution in [0, 0.1) is 0 Å². The minimum atomic E-state index is 0.459. The molecule has 0 saturated carbocycles. The fourth-order valence-corrected chi connectivity index (χ4v) is 2.24. The molecule has 0 aliphatic carbocycles. The minimum absolute atomic E-state index is 0.459. The molecule has 1 saturated heterocycles. The average Bonchev–Trinajstić information content (AvgIpc) is 2.67. The van der Waals surface area contributed by atoms with Gasteiger partial charge in [-0.05, 0) is 13.1 Å². The quantitative estimate of drug-likeness (QED) is 0.750. The van der Waals surface area contributed by atoms with Gasteiger partial charge in [0.2, 0.25) is 0 Å².